The molecule has 2 aromatic carbocycles. The van der Waals surface area contributed by atoms with Gasteiger partial charge in [-0.05, 0) is 43.3 Å². The van der Waals surface area contributed by atoms with E-state index < -0.39 is 0 Å². The van der Waals surface area contributed by atoms with Crippen LogP contribution in [0, 0.1) is 13.8 Å². The number of aryl methyl sites for hydroxylation is 2. The van der Waals surface area contributed by atoms with E-state index in [2.05, 4.69) is 20.6 Å². The Labute approximate surface area is 173 Å². The van der Waals surface area contributed by atoms with E-state index in [4.69, 9.17) is 9.15 Å². The number of benzene rings is 2. The highest BCUT2D eigenvalue weighted by Gasteiger charge is 2.14. The van der Waals surface area contributed by atoms with Crippen molar-refractivity contribution in [2.45, 2.75) is 13.8 Å². The van der Waals surface area contributed by atoms with Gasteiger partial charge in [0.1, 0.15) is 18.1 Å². The smallest absolute Gasteiger partial charge is 0.268 e. The van der Waals surface area contributed by atoms with Gasteiger partial charge in [-0.2, -0.15) is 5.10 Å². The molecule has 0 aliphatic carbocycles. The van der Waals surface area contributed by atoms with Crippen molar-refractivity contribution in [2.24, 2.45) is 0 Å². The molecule has 2 heterocycles. The van der Waals surface area contributed by atoms with Crippen LogP contribution in [-0.4, -0.2) is 39.0 Å². The fraction of sp³-hybridized carbons (Fsp3) is 0.182. The fourth-order valence-electron chi connectivity index (χ4n) is 2.97. The second-order valence-electron chi connectivity index (χ2n) is 6.68. The molecule has 0 bridgehead atoms. The van der Waals surface area contributed by atoms with Crippen LogP contribution in [0.4, 0.5) is 0 Å². The summed E-state index contributed by atoms with van der Waals surface area (Å²) >= 11 is 0. The quantitative estimate of drug-likeness (QED) is 0.476. The zero-order chi connectivity index (χ0) is 20.9. The molecule has 0 aliphatic rings. The van der Waals surface area contributed by atoms with Crippen LogP contribution in [0.5, 0.6) is 5.75 Å². The van der Waals surface area contributed by atoms with Gasteiger partial charge in [0.2, 0.25) is 5.89 Å². The van der Waals surface area contributed by atoms with Crippen molar-refractivity contribution >= 4 is 5.91 Å². The topological polar surface area (TPSA) is 95.1 Å². The molecule has 0 saturated carbocycles. The molecule has 0 aliphatic heterocycles. The van der Waals surface area contributed by atoms with Crippen LogP contribution in [-0.2, 0) is 0 Å². The third-order valence-corrected chi connectivity index (χ3v) is 4.39. The summed E-state index contributed by atoms with van der Waals surface area (Å²) in [7, 11) is 0. The molecule has 30 heavy (non-hydrogen) atoms. The highest BCUT2D eigenvalue weighted by molar-refractivity contribution is 5.94. The first-order valence-electron chi connectivity index (χ1n) is 9.54. The number of ether oxygens (including phenoxy) is 1. The molecule has 8 heteroatoms. The van der Waals surface area contributed by atoms with Crippen LogP contribution < -0.4 is 10.1 Å². The van der Waals surface area contributed by atoms with Gasteiger partial charge in [0.25, 0.3) is 11.8 Å². The third kappa shape index (κ3) is 4.38. The van der Waals surface area contributed by atoms with Crippen LogP contribution in [0.2, 0.25) is 0 Å². The molecule has 0 saturated heterocycles. The molecule has 1 N–H and O–H groups in total. The molecule has 4 rings (SSSR count). The van der Waals surface area contributed by atoms with Crippen LogP contribution in [0.25, 0.3) is 17.3 Å². The summed E-state index contributed by atoms with van der Waals surface area (Å²) in [6.07, 6.45) is 0. The molecule has 0 unspecified atom stereocenters. The number of hydrogen-bond acceptors (Lipinski definition) is 6. The first-order valence-corrected chi connectivity index (χ1v) is 9.54. The molecule has 0 fully saturated rings. The molecule has 0 spiro atoms. The first-order chi connectivity index (χ1) is 14.6. The monoisotopic (exact) mass is 403 g/mol. The van der Waals surface area contributed by atoms with E-state index in [9.17, 15) is 4.79 Å². The van der Waals surface area contributed by atoms with E-state index in [1.54, 1.807) is 23.7 Å². The normalized spacial score (nSPS) is 10.7. The lowest BCUT2D eigenvalue weighted by molar-refractivity contribution is 0.0947. The Hall–Kier alpha value is -3.94. The van der Waals surface area contributed by atoms with Crippen molar-refractivity contribution in [3.05, 3.63) is 77.8 Å². The summed E-state index contributed by atoms with van der Waals surface area (Å²) in [4.78, 5) is 12.5. The Morgan fingerprint density at radius 2 is 1.90 bits per heavy atom. The minimum absolute atomic E-state index is 0.175. The van der Waals surface area contributed by atoms with Gasteiger partial charge < -0.3 is 14.5 Å². The predicted octanol–water partition coefficient (Wildman–Crippen LogP) is 3.35. The van der Waals surface area contributed by atoms with Crippen molar-refractivity contribution in [1.82, 2.24) is 25.3 Å². The van der Waals surface area contributed by atoms with Gasteiger partial charge in [0.15, 0.2) is 0 Å². The number of hydrogen-bond donors (Lipinski definition) is 1. The number of nitrogens with zero attached hydrogens (tertiary/aromatic N) is 4. The fourth-order valence-corrected chi connectivity index (χ4v) is 2.97. The molecule has 8 nitrogen and oxygen atoms in total. The van der Waals surface area contributed by atoms with Gasteiger partial charge >= 0.3 is 0 Å². The number of para-hydroxylation sites is 1. The summed E-state index contributed by atoms with van der Waals surface area (Å²) in [6.45, 7) is 4.45. The van der Waals surface area contributed by atoms with E-state index in [0.29, 0.717) is 36.2 Å². The second-order valence-corrected chi connectivity index (χ2v) is 6.68. The van der Waals surface area contributed by atoms with Gasteiger partial charge in [0.05, 0.1) is 12.2 Å². The Morgan fingerprint density at radius 1 is 1.07 bits per heavy atom. The zero-order valence-electron chi connectivity index (χ0n) is 16.7. The number of carbonyl (C=O) groups excluding carboxylic acids is 1. The van der Waals surface area contributed by atoms with Gasteiger partial charge in [-0.3, -0.25) is 4.79 Å². The Bertz CT molecular complexity index is 1150. The Kier molecular flexibility index (Phi) is 5.56. The Morgan fingerprint density at radius 3 is 2.67 bits per heavy atom. The summed E-state index contributed by atoms with van der Waals surface area (Å²) in [5, 5.41) is 15.3. The number of carbonyl (C=O) groups is 1. The average molecular weight is 403 g/mol. The minimum Gasteiger partial charge on any atom is -0.492 e. The van der Waals surface area contributed by atoms with E-state index in [0.717, 1.165) is 17.1 Å². The summed E-state index contributed by atoms with van der Waals surface area (Å²) in [5.41, 5.74) is 2.77. The molecular formula is C22H21N5O3. The summed E-state index contributed by atoms with van der Waals surface area (Å²) < 4.78 is 12.8. The standard InChI is InChI=1S/C22H21N5O3/c1-15-13-20(22-25-24-16(2)30-22)26-27(15)18-8-6-7-17(14-18)21(28)23-11-12-29-19-9-4-3-5-10-19/h3-10,13-14H,11-12H2,1-2H3,(H,23,28). The number of rotatable bonds is 7. The molecular weight excluding hydrogens is 382 g/mol. The van der Waals surface area contributed by atoms with Gasteiger partial charge in [-0.1, -0.05) is 24.3 Å². The van der Waals surface area contributed by atoms with Gasteiger partial charge in [-0.25, -0.2) is 4.68 Å². The van der Waals surface area contributed by atoms with Crippen molar-refractivity contribution in [3.63, 3.8) is 0 Å². The zero-order valence-corrected chi connectivity index (χ0v) is 16.7. The number of aromatic nitrogens is 4. The average Bonchev–Trinajstić information content (AvgIpc) is 3.37. The van der Waals surface area contributed by atoms with E-state index in [-0.39, 0.29) is 5.91 Å². The number of amides is 1. The molecule has 1 amide bonds. The highest BCUT2D eigenvalue weighted by Crippen LogP contribution is 2.20. The van der Waals surface area contributed by atoms with Crippen LogP contribution >= 0.6 is 0 Å². The van der Waals surface area contributed by atoms with Gasteiger partial charge in [-0.15, -0.1) is 10.2 Å². The molecule has 0 radical (unpaired) electrons. The lowest BCUT2D eigenvalue weighted by Gasteiger charge is -2.09. The van der Waals surface area contributed by atoms with E-state index in [1.807, 2.05) is 55.5 Å². The van der Waals surface area contributed by atoms with Crippen LogP contribution in [0.3, 0.4) is 0 Å². The van der Waals surface area contributed by atoms with Crippen molar-refractivity contribution in [1.29, 1.82) is 0 Å². The van der Waals surface area contributed by atoms with E-state index >= 15 is 0 Å². The third-order valence-electron chi connectivity index (χ3n) is 4.39. The molecule has 0 atom stereocenters. The molecule has 2 aromatic heterocycles. The summed E-state index contributed by atoms with van der Waals surface area (Å²) in [6, 6.07) is 18.6. The van der Waals surface area contributed by atoms with Crippen molar-refractivity contribution < 1.29 is 13.9 Å². The maximum atomic E-state index is 12.5. The van der Waals surface area contributed by atoms with E-state index in [1.165, 1.54) is 0 Å². The first kappa shape index (κ1) is 19.4. The highest BCUT2D eigenvalue weighted by atomic mass is 16.5. The van der Waals surface area contributed by atoms with Crippen LogP contribution in [0.1, 0.15) is 21.9 Å². The van der Waals surface area contributed by atoms with Crippen molar-refractivity contribution in [2.75, 3.05) is 13.2 Å². The van der Waals surface area contributed by atoms with Crippen molar-refractivity contribution in [3.8, 4) is 23.0 Å². The predicted molar refractivity (Wildman–Crippen MR) is 111 cm³/mol. The Balaban J connectivity index is 1.42. The SMILES string of the molecule is Cc1nnc(-c2cc(C)n(-c3cccc(C(=O)NCCOc4ccccc4)c3)n2)o1. The maximum absolute atomic E-state index is 12.5. The minimum atomic E-state index is -0.175. The lowest BCUT2D eigenvalue weighted by Crippen LogP contribution is -2.28. The molecule has 4 aromatic rings. The van der Waals surface area contributed by atoms with Crippen LogP contribution in [0.15, 0.2) is 65.1 Å². The number of nitrogens with one attached hydrogen (secondary N) is 1. The second kappa shape index (κ2) is 8.60. The lowest BCUT2D eigenvalue weighted by atomic mass is 10.2. The summed E-state index contributed by atoms with van der Waals surface area (Å²) in [5.74, 6) is 1.44. The largest absolute Gasteiger partial charge is 0.492 e. The molecule has 152 valence electrons. The van der Waals surface area contributed by atoms with Gasteiger partial charge in [0, 0.05) is 18.2 Å². The maximum Gasteiger partial charge on any atom is 0.268 e.